The molecule has 1 atom stereocenters. The lowest BCUT2D eigenvalue weighted by atomic mass is 10.1. The number of nitrogens with one attached hydrogen (secondary N) is 1. The second-order valence-corrected chi connectivity index (χ2v) is 5.18. The van der Waals surface area contributed by atoms with Gasteiger partial charge in [0.05, 0.1) is 7.11 Å². The maximum Gasteiger partial charge on any atom is 0.331 e. The molecule has 7 nitrogen and oxygen atoms in total. The van der Waals surface area contributed by atoms with Crippen molar-refractivity contribution < 1.29 is 28.2 Å². The zero-order valence-corrected chi connectivity index (χ0v) is 13.5. The molecule has 1 rings (SSSR count). The van der Waals surface area contributed by atoms with E-state index in [1.54, 1.807) is 19.9 Å². The normalized spacial score (nSPS) is 12.0. The predicted octanol–water partition coefficient (Wildman–Crippen LogP) is 1.61. The summed E-state index contributed by atoms with van der Waals surface area (Å²) in [6, 6.07) is 3.11. The molecule has 1 aromatic carbocycles. The van der Waals surface area contributed by atoms with E-state index >= 15 is 0 Å². The number of hydrogen-bond acceptors (Lipinski definition) is 5. The number of hydrogen-bond donors (Lipinski definition) is 2. The third-order valence-electron chi connectivity index (χ3n) is 2.94. The zero-order valence-electron chi connectivity index (χ0n) is 13.5. The molecule has 1 aromatic rings. The molecule has 0 aliphatic heterocycles. The minimum absolute atomic E-state index is 0.0812. The molecule has 130 valence electrons. The molecule has 0 fully saturated rings. The number of urea groups is 1. The van der Waals surface area contributed by atoms with Crippen LogP contribution in [-0.2, 0) is 14.3 Å². The van der Waals surface area contributed by atoms with E-state index in [4.69, 9.17) is 15.2 Å². The second-order valence-electron chi connectivity index (χ2n) is 5.18. The number of esters is 1. The lowest BCUT2D eigenvalue weighted by Crippen LogP contribution is -2.45. The molecule has 0 spiro atoms. The average Bonchev–Trinajstić information content (AvgIpc) is 2.49. The fraction of sp³-hybridized carbons (Fsp3) is 0.312. The monoisotopic (exact) mass is 338 g/mol. The van der Waals surface area contributed by atoms with E-state index < -0.39 is 29.8 Å². The Balaban J connectivity index is 2.76. The Morgan fingerprint density at radius 2 is 1.96 bits per heavy atom. The lowest BCUT2D eigenvalue weighted by Gasteiger charge is -2.18. The van der Waals surface area contributed by atoms with Gasteiger partial charge in [-0.25, -0.2) is 14.0 Å². The molecule has 0 bridgehead atoms. The van der Waals surface area contributed by atoms with Crippen LogP contribution in [0, 0.1) is 11.7 Å². The fourth-order valence-corrected chi connectivity index (χ4v) is 1.80. The van der Waals surface area contributed by atoms with Crippen molar-refractivity contribution in [1.29, 1.82) is 0 Å². The highest BCUT2D eigenvalue weighted by atomic mass is 19.1. The van der Waals surface area contributed by atoms with Gasteiger partial charge in [0.2, 0.25) is 0 Å². The van der Waals surface area contributed by atoms with Crippen molar-refractivity contribution in [3.63, 3.8) is 0 Å². The molecular weight excluding hydrogens is 319 g/mol. The van der Waals surface area contributed by atoms with Crippen LogP contribution in [0.1, 0.15) is 19.4 Å². The van der Waals surface area contributed by atoms with E-state index in [2.05, 4.69) is 0 Å². The Morgan fingerprint density at radius 1 is 1.29 bits per heavy atom. The first-order valence-electron chi connectivity index (χ1n) is 7.07. The van der Waals surface area contributed by atoms with Gasteiger partial charge in [0.25, 0.3) is 5.91 Å². The van der Waals surface area contributed by atoms with Crippen LogP contribution in [0.15, 0.2) is 24.3 Å². The highest BCUT2D eigenvalue weighted by molar-refractivity contribution is 5.97. The largest absolute Gasteiger partial charge is 0.494 e. The number of rotatable bonds is 6. The van der Waals surface area contributed by atoms with Gasteiger partial charge in [-0.2, -0.15) is 0 Å². The molecule has 24 heavy (non-hydrogen) atoms. The summed E-state index contributed by atoms with van der Waals surface area (Å²) in [6.07, 6.45) is 1.20. The summed E-state index contributed by atoms with van der Waals surface area (Å²) in [5.41, 5.74) is 5.27. The van der Waals surface area contributed by atoms with Crippen molar-refractivity contribution in [1.82, 2.24) is 5.32 Å². The van der Waals surface area contributed by atoms with Crippen molar-refractivity contribution in [3.8, 4) is 5.75 Å². The standard InChI is InChI=1S/C16H19FN2O5/c1-9(2)14(15(21)19-16(18)22)24-13(20)7-5-10-4-6-12(23-3)11(17)8-10/h4-9,14H,1-3H3,(H3,18,19,21,22)/b7-5+/t14-/m1/s1. The number of imide groups is 1. The Kier molecular flexibility index (Phi) is 6.91. The first-order valence-corrected chi connectivity index (χ1v) is 7.07. The van der Waals surface area contributed by atoms with E-state index in [-0.39, 0.29) is 11.7 Å². The maximum atomic E-state index is 13.5. The van der Waals surface area contributed by atoms with Gasteiger partial charge in [0.15, 0.2) is 17.7 Å². The van der Waals surface area contributed by atoms with E-state index in [0.29, 0.717) is 5.56 Å². The highest BCUT2D eigenvalue weighted by Crippen LogP contribution is 2.18. The van der Waals surface area contributed by atoms with E-state index in [1.165, 1.54) is 25.3 Å². The summed E-state index contributed by atoms with van der Waals surface area (Å²) >= 11 is 0. The summed E-state index contributed by atoms with van der Waals surface area (Å²) in [5, 5.41) is 1.86. The maximum absolute atomic E-state index is 13.5. The number of benzene rings is 1. The van der Waals surface area contributed by atoms with Crippen molar-refractivity contribution in [2.24, 2.45) is 11.7 Å². The molecular formula is C16H19FN2O5. The van der Waals surface area contributed by atoms with Crippen LogP contribution in [0.25, 0.3) is 6.08 Å². The van der Waals surface area contributed by atoms with E-state index in [0.717, 1.165) is 6.08 Å². The topological polar surface area (TPSA) is 108 Å². The van der Waals surface area contributed by atoms with Gasteiger partial charge in [-0.1, -0.05) is 19.9 Å². The fourth-order valence-electron chi connectivity index (χ4n) is 1.80. The lowest BCUT2D eigenvalue weighted by molar-refractivity contribution is -0.153. The molecule has 8 heteroatoms. The average molecular weight is 338 g/mol. The van der Waals surface area contributed by atoms with Gasteiger partial charge in [0.1, 0.15) is 0 Å². The first kappa shape index (κ1) is 19.1. The van der Waals surface area contributed by atoms with Crippen molar-refractivity contribution in [2.75, 3.05) is 7.11 Å². The molecule has 3 N–H and O–H groups in total. The number of carbonyl (C=O) groups excluding carboxylic acids is 3. The molecule has 0 unspecified atom stereocenters. The summed E-state index contributed by atoms with van der Waals surface area (Å²) < 4.78 is 23.3. The van der Waals surface area contributed by atoms with Gasteiger partial charge in [-0.05, 0) is 29.7 Å². The van der Waals surface area contributed by atoms with Crippen molar-refractivity contribution in [3.05, 3.63) is 35.7 Å². The van der Waals surface area contributed by atoms with Gasteiger partial charge >= 0.3 is 12.0 Å². The van der Waals surface area contributed by atoms with Crippen LogP contribution >= 0.6 is 0 Å². The van der Waals surface area contributed by atoms with Crippen LogP contribution in [-0.4, -0.2) is 31.1 Å². The zero-order chi connectivity index (χ0) is 18.3. The highest BCUT2D eigenvalue weighted by Gasteiger charge is 2.26. The van der Waals surface area contributed by atoms with Gasteiger partial charge in [0, 0.05) is 6.08 Å². The third-order valence-corrected chi connectivity index (χ3v) is 2.94. The molecule has 0 saturated heterocycles. The Hall–Kier alpha value is -2.90. The minimum atomic E-state index is -1.18. The quantitative estimate of drug-likeness (QED) is 0.605. The minimum Gasteiger partial charge on any atom is -0.494 e. The van der Waals surface area contributed by atoms with Crippen LogP contribution in [0.4, 0.5) is 9.18 Å². The number of primary amides is 1. The van der Waals surface area contributed by atoms with E-state index in [1.807, 2.05) is 5.32 Å². The summed E-state index contributed by atoms with van der Waals surface area (Å²) in [7, 11) is 1.34. The molecule has 0 aliphatic carbocycles. The van der Waals surface area contributed by atoms with E-state index in [9.17, 15) is 18.8 Å². The van der Waals surface area contributed by atoms with Gasteiger partial charge in [-0.3, -0.25) is 10.1 Å². The summed E-state index contributed by atoms with van der Waals surface area (Å²) in [5.74, 6) is -2.49. The predicted molar refractivity (Wildman–Crippen MR) is 84.4 cm³/mol. The Morgan fingerprint density at radius 3 is 2.46 bits per heavy atom. The molecule has 0 heterocycles. The molecule has 0 aliphatic rings. The Bertz CT molecular complexity index is 658. The third kappa shape index (κ3) is 5.71. The van der Waals surface area contributed by atoms with Crippen LogP contribution in [0.2, 0.25) is 0 Å². The van der Waals surface area contributed by atoms with Crippen molar-refractivity contribution >= 4 is 24.0 Å². The SMILES string of the molecule is COc1ccc(/C=C/C(=O)O[C@@H](C(=O)NC(N)=O)C(C)C)cc1F. The summed E-state index contributed by atoms with van der Waals surface area (Å²) in [4.78, 5) is 34.3. The number of carbonyl (C=O) groups is 3. The number of amides is 3. The number of nitrogens with two attached hydrogens (primary N) is 1. The smallest absolute Gasteiger partial charge is 0.331 e. The van der Waals surface area contributed by atoms with Crippen molar-refractivity contribution in [2.45, 2.75) is 20.0 Å². The first-order chi connectivity index (χ1) is 11.2. The number of methoxy groups -OCH3 is 1. The number of halogens is 1. The molecule has 0 radical (unpaired) electrons. The number of ether oxygens (including phenoxy) is 2. The molecule has 0 saturated carbocycles. The summed E-state index contributed by atoms with van der Waals surface area (Å²) in [6.45, 7) is 3.28. The van der Waals surface area contributed by atoms with Crippen LogP contribution < -0.4 is 15.8 Å². The molecule has 0 aromatic heterocycles. The van der Waals surface area contributed by atoms with Crippen LogP contribution in [0.3, 0.4) is 0 Å². The second kappa shape index (κ2) is 8.66. The Labute approximate surface area is 138 Å². The molecule has 3 amide bonds. The van der Waals surface area contributed by atoms with Gasteiger partial charge in [-0.15, -0.1) is 0 Å². The van der Waals surface area contributed by atoms with Gasteiger partial charge < -0.3 is 15.2 Å². The van der Waals surface area contributed by atoms with Crippen LogP contribution in [0.5, 0.6) is 5.75 Å².